The molecule has 0 saturated heterocycles. The Balaban J connectivity index is 2.84. The molecule has 4 nitrogen and oxygen atoms in total. The molecule has 0 amide bonds. The number of anilines is 2. The largest absolute Gasteiger partial charge is 0.383 e. The molecule has 108 valence electrons. The van der Waals surface area contributed by atoms with Gasteiger partial charge in [-0.2, -0.15) is 0 Å². The summed E-state index contributed by atoms with van der Waals surface area (Å²) in [6.07, 6.45) is 0.803. The maximum atomic E-state index is 5.93. The third kappa shape index (κ3) is 4.08. The van der Waals surface area contributed by atoms with Crippen molar-refractivity contribution in [2.45, 2.75) is 48.0 Å². The van der Waals surface area contributed by atoms with Crippen LogP contribution in [0.1, 0.15) is 46.0 Å². The molecular weight excluding hydrogens is 236 g/mol. The van der Waals surface area contributed by atoms with Crippen LogP contribution in [0.2, 0.25) is 0 Å². The first-order valence-corrected chi connectivity index (χ1v) is 7.23. The Bertz CT molecular complexity index is 405. The molecule has 0 saturated carbocycles. The van der Waals surface area contributed by atoms with Crippen molar-refractivity contribution in [3.8, 4) is 0 Å². The van der Waals surface area contributed by atoms with Gasteiger partial charge in [-0.15, -0.1) is 0 Å². The maximum absolute atomic E-state index is 5.93. The van der Waals surface area contributed by atoms with Crippen LogP contribution in [0.3, 0.4) is 0 Å². The molecule has 1 heterocycles. The van der Waals surface area contributed by atoms with Crippen molar-refractivity contribution < 1.29 is 0 Å². The molecule has 0 fully saturated rings. The van der Waals surface area contributed by atoms with E-state index in [1.54, 1.807) is 0 Å². The summed E-state index contributed by atoms with van der Waals surface area (Å²) >= 11 is 0. The third-order valence-corrected chi connectivity index (χ3v) is 3.76. The number of rotatable bonds is 6. The van der Waals surface area contributed by atoms with Crippen molar-refractivity contribution in [1.82, 2.24) is 9.97 Å². The lowest BCUT2D eigenvalue weighted by Crippen LogP contribution is -2.25. The minimum atomic E-state index is 0.583. The summed E-state index contributed by atoms with van der Waals surface area (Å²) in [6.45, 7) is 14.0. The van der Waals surface area contributed by atoms with E-state index in [0.29, 0.717) is 23.6 Å². The number of nitrogens with two attached hydrogens (primary N) is 1. The summed E-state index contributed by atoms with van der Waals surface area (Å²) in [5, 5.41) is 3.46. The predicted molar refractivity (Wildman–Crippen MR) is 82.2 cm³/mol. The minimum Gasteiger partial charge on any atom is -0.383 e. The number of hydrogen-bond donors (Lipinski definition) is 2. The fourth-order valence-electron chi connectivity index (χ4n) is 2.37. The molecule has 3 N–H and O–H groups in total. The third-order valence-electron chi connectivity index (χ3n) is 3.76. The summed E-state index contributed by atoms with van der Waals surface area (Å²) in [5.74, 6) is 4.20. The topological polar surface area (TPSA) is 63.8 Å². The van der Waals surface area contributed by atoms with Gasteiger partial charge in [-0.05, 0) is 24.7 Å². The van der Waals surface area contributed by atoms with E-state index in [0.717, 1.165) is 30.2 Å². The standard InChI is InChI=1S/C15H28N4/c1-7-13-18-14(16)11(6)15(19-13)17-8-12(9(2)3)10(4)5/h9-10,12H,7-8H2,1-6H3,(H3,16,17,18,19). The van der Waals surface area contributed by atoms with E-state index in [4.69, 9.17) is 5.73 Å². The van der Waals surface area contributed by atoms with E-state index < -0.39 is 0 Å². The van der Waals surface area contributed by atoms with E-state index in [1.165, 1.54) is 0 Å². The van der Waals surface area contributed by atoms with Gasteiger partial charge in [0.1, 0.15) is 17.5 Å². The van der Waals surface area contributed by atoms with Crippen LogP contribution >= 0.6 is 0 Å². The highest BCUT2D eigenvalue weighted by molar-refractivity contribution is 5.54. The lowest BCUT2D eigenvalue weighted by molar-refractivity contribution is 0.304. The van der Waals surface area contributed by atoms with Crippen molar-refractivity contribution in [2.24, 2.45) is 17.8 Å². The van der Waals surface area contributed by atoms with Crippen molar-refractivity contribution >= 4 is 11.6 Å². The summed E-state index contributed by atoms with van der Waals surface area (Å²) in [6, 6.07) is 0. The van der Waals surface area contributed by atoms with Crippen LogP contribution in [-0.2, 0) is 6.42 Å². The molecule has 19 heavy (non-hydrogen) atoms. The van der Waals surface area contributed by atoms with Crippen LogP contribution in [0.4, 0.5) is 11.6 Å². The van der Waals surface area contributed by atoms with Crippen molar-refractivity contribution in [2.75, 3.05) is 17.6 Å². The Morgan fingerprint density at radius 3 is 2.16 bits per heavy atom. The zero-order chi connectivity index (χ0) is 14.6. The van der Waals surface area contributed by atoms with Crippen LogP contribution in [0.25, 0.3) is 0 Å². The second kappa shape index (κ2) is 6.73. The molecule has 0 atom stereocenters. The Kier molecular flexibility index (Phi) is 5.58. The molecule has 0 aromatic carbocycles. The fraction of sp³-hybridized carbons (Fsp3) is 0.733. The average Bonchev–Trinajstić information content (AvgIpc) is 2.33. The zero-order valence-electron chi connectivity index (χ0n) is 13.1. The molecule has 0 aliphatic carbocycles. The number of aryl methyl sites for hydroxylation is 1. The minimum absolute atomic E-state index is 0.583. The smallest absolute Gasteiger partial charge is 0.134 e. The molecule has 0 spiro atoms. The molecule has 0 bridgehead atoms. The van der Waals surface area contributed by atoms with E-state index in [9.17, 15) is 0 Å². The van der Waals surface area contributed by atoms with Crippen molar-refractivity contribution in [3.63, 3.8) is 0 Å². The molecule has 4 heteroatoms. The van der Waals surface area contributed by atoms with Crippen LogP contribution in [0.5, 0.6) is 0 Å². The lowest BCUT2D eigenvalue weighted by Gasteiger charge is -2.25. The van der Waals surface area contributed by atoms with Crippen molar-refractivity contribution in [1.29, 1.82) is 0 Å². The molecule has 0 radical (unpaired) electrons. The van der Waals surface area contributed by atoms with Gasteiger partial charge >= 0.3 is 0 Å². The van der Waals surface area contributed by atoms with E-state index >= 15 is 0 Å². The highest BCUT2D eigenvalue weighted by Gasteiger charge is 2.18. The number of nitrogens with zero attached hydrogens (tertiary/aromatic N) is 2. The summed E-state index contributed by atoms with van der Waals surface area (Å²) in [5.41, 5.74) is 6.88. The Morgan fingerprint density at radius 1 is 1.11 bits per heavy atom. The molecule has 1 rings (SSSR count). The number of aromatic nitrogens is 2. The number of nitrogen functional groups attached to an aromatic ring is 1. The summed E-state index contributed by atoms with van der Waals surface area (Å²) in [4.78, 5) is 8.82. The van der Waals surface area contributed by atoms with E-state index in [1.807, 2.05) is 13.8 Å². The fourth-order valence-corrected chi connectivity index (χ4v) is 2.37. The Hall–Kier alpha value is -1.32. The van der Waals surface area contributed by atoms with Gasteiger partial charge in [-0.25, -0.2) is 9.97 Å². The van der Waals surface area contributed by atoms with Gasteiger partial charge in [0.2, 0.25) is 0 Å². The number of nitrogens with one attached hydrogen (secondary N) is 1. The molecule has 1 aromatic rings. The van der Waals surface area contributed by atoms with Gasteiger partial charge in [0.15, 0.2) is 0 Å². The second-order valence-corrected chi connectivity index (χ2v) is 5.89. The zero-order valence-corrected chi connectivity index (χ0v) is 13.1. The summed E-state index contributed by atoms with van der Waals surface area (Å²) in [7, 11) is 0. The van der Waals surface area contributed by atoms with Crippen molar-refractivity contribution in [3.05, 3.63) is 11.4 Å². The monoisotopic (exact) mass is 264 g/mol. The number of hydrogen-bond acceptors (Lipinski definition) is 4. The Labute approximate surface area is 117 Å². The molecular formula is C15H28N4. The normalized spacial score (nSPS) is 11.6. The molecule has 0 unspecified atom stereocenters. The molecule has 1 aromatic heterocycles. The average molecular weight is 264 g/mol. The van der Waals surface area contributed by atoms with Gasteiger partial charge in [0, 0.05) is 18.5 Å². The summed E-state index contributed by atoms with van der Waals surface area (Å²) < 4.78 is 0. The SMILES string of the molecule is CCc1nc(N)c(C)c(NCC(C(C)C)C(C)C)n1. The first-order chi connectivity index (χ1) is 8.86. The van der Waals surface area contributed by atoms with Gasteiger partial charge in [-0.3, -0.25) is 0 Å². The van der Waals surface area contributed by atoms with Crippen LogP contribution in [0.15, 0.2) is 0 Å². The van der Waals surface area contributed by atoms with Crippen LogP contribution < -0.4 is 11.1 Å². The first-order valence-electron chi connectivity index (χ1n) is 7.23. The van der Waals surface area contributed by atoms with Gasteiger partial charge in [-0.1, -0.05) is 34.6 Å². The van der Waals surface area contributed by atoms with Gasteiger partial charge < -0.3 is 11.1 Å². The van der Waals surface area contributed by atoms with Crippen LogP contribution in [0, 0.1) is 24.7 Å². The molecule has 0 aliphatic heterocycles. The lowest BCUT2D eigenvalue weighted by atomic mass is 9.85. The predicted octanol–water partition coefficient (Wildman–Crippen LogP) is 3.27. The van der Waals surface area contributed by atoms with E-state index in [2.05, 4.69) is 43.0 Å². The Morgan fingerprint density at radius 2 is 1.68 bits per heavy atom. The second-order valence-electron chi connectivity index (χ2n) is 5.89. The van der Waals surface area contributed by atoms with Crippen LogP contribution in [-0.4, -0.2) is 16.5 Å². The molecule has 0 aliphatic rings. The van der Waals surface area contributed by atoms with E-state index in [-0.39, 0.29) is 0 Å². The quantitative estimate of drug-likeness (QED) is 0.827. The van der Waals surface area contributed by atoms with Gasteiger partial charge in [0.25, 0.3) is 0 Å². The van der Waals surface area contributed by atoms with Gasteiger partial charge in [0.05, 0.1) is 0 Å². The highest BCUT2D eigenvalue weighted by Crippen LogP contribution is 2.23. The first kappa shape index (κ1) is 15.7. The maximum Gasteiger partial charge on any atom is 0.134 e. The highest BCUT2D eigenvalue weighted by atomic mass is 15.1.